The Morgan fingerprint density at radius 1 is 0.900 bits per heavy atom. The van der Waals surface area contributed by atoms with E-state index >= 15 is 0 Å². The summed E-state index contributed by atoms with van der Waals surface area (Å²) in [5.74, 6) is 0. The maximum Gasteiger partial charge on any atom is 0.261 e. The fraction of sp³-hybridized carbons (Fsp3) is 0.400. The highest BCUT2D eigenvalue weighted by molar-refractivity contribution is 7.91. The van der Waals surface area contributed by atoms with Crippen molar-refractivity contribution in [3.8, 4) is 0 Å². The average Bonchev–Trinajstić information content (AvgIpc) is 2.69. The molecule has 2 rings (SSSR count). The summed E-state index contributed by atoms with van der Waals surface area (Å²) in [5.41, 5.74) is 0. The average molecular weight is 442 g/mol. The van der Waals surface area contributed by atoms with Crippen LogP contribution in [0.3, 0.4) is 0 Å². The number of benzene rings is 2. The lowest BCUT2D eigenvalue weighted by molar-refractivity contribution is 0.304. The van der Waals surface area contributed by atoms with Gasteiger partial charge in [-0.1, -0.05) is 91.9 Å². The van der Waals surface area contributed by atoms with Gasteiger partial charge < -0.3 is 8.98 Å². The fourth-order valence-electron chi connectivity index (χ4n) is 3.45. The summed E-state index contributed by atoms with van der Waals surface area (Å²) in [5, 5.41) is 2.55. The van der Waals surface area contributed by atoms with Gasteiger partial charge in [-0.25, -0.2) is 0 Å². The molecule has 162 valence electrons. The van der Waals surface area contributed by atoms with Crippen LogP contribution in [0, 0.1) is 0 Å². The van der Waals surface area contributed by atoms with Crippen LogP contribution in [0.15, 0.2) is 77.2 Å². The topological polar surface area (TPSA) is 44.7 Å². The van der Waals surface area contributed by atoms with E-state index in [2.05, 4.69) is 85.8 Å². The van der Waals surface area contributed by atoms with Crippen LogP contribution < -0.4 is 10.4 Å². The quantitative estimate of drug-likeness (QED) is 0.249. The van der Waals surface area contributed by atoms with Crippen LogP contribution in [0.4, 0.5) is 0 Å². The van der Waals surface area contributed by atoms with Gasteiger partial charge in [0, 0.05) is 6.61 Å². The van der Waals surface area contributed by atoms with E-state index in [9.17, 15) is 4.55 Å². The Labute approximate surface area is 186 Å². The molecule has 0 fully saturated rings. The van der Waals surface area contributed by atoms with Crippen LogP contribution in [0.5, 0.6) is 0 Å². The molecule has 0 radical (unpaired) electrons. The Bertz CT molecular complexity index is 784. The van der Waals surface area contributed by atoms with Gasteiger partial charge in [0.25, 0.3) is 8.32 Å². The molecular formula is C25H35NO2SSi. The highest BCUT2D eigenvalue weighted by Crippen LogP contribution is 2.36. The number of nitrogens with zero attached hydrogens (tertiary/aromatic N) is 1. The van der Waals surface area contributed by atoms with Gasteiger partial charge in [-0.3, -0.25) is 0 Å². The van der Waals surface area contributed by atoms with Gasteiger partial charge in [0.2, 0.25) is 0 Å². The zero-order valence-electron chi connectivity index (χ0n) is 19.1. The first-order valence-electron chi connectivity index (χ1n) is 10.5. The van der Waals surface area contributed by atoms with Gasteiger partial charge in [0.15, 0.2) is 0 Å². The molecule has 0 amide bonds. The SMILES string of the molecule is CC(C)(C)[S+]([O-])N=C/C=C/CCO[Si](c1ccccc1)(c1ccccc1)C(C)(C)C. The molecular weight excluding hydrogens is 406 g/mol. The number of rotatable bonds is 8. The van der Waals surface area contributed by atoms with Crippen molar-refractivity contribution in [3.05, 3.63) is 72.8 Å². The maximum atomic E-state index is 12.0. The zero-order valence-corrected chi connectivity index (χ0v) is 20.9. The second kappa shape index (κ2) is 10.6. The highest BCUT2D eigenvalue weighted by atomic mass is 32.2. The molecule has 3 nitrogen and oxygen atoms in total. The molecule has 1 atom stereocenters. The van der Waals surface area contributed by atoms with E-state index in [0.29, 0.717) is 6.61 Å². The lowest BCUT2D eigenvalue weighted by Crippen LogP contribution is -2.66. The third kappa shape index (κ3) is 6.17. The number of hydrogen-bond donors (Lipinski definition) is 0. The summed E-state index contributed by atoms with van der Waals surface area (Å²) in [6.45, 7) is 13.2. The Hall–Kier alpha value is -1.66. The number of hydrogen-bond acceptors (Lipinski definition) is 3. The molecule has 2 aromatic carbocycles. The lowest BCUT2D eigenvalue weighted by Gasteiger charge is -2.43. The minimum atomic E-state index is -2.48. The summed E-state index contributed by atoms with van der Waals surface area (Å²) in [6, 6.07) is 21.3. The molecule has 0 heterocycles. The Morgan fingerprint density at radius 2 is 1.40 bits per heavy atom. The Kier molecular flexibility index (Phi) is 8.68. The highest BCUT2D eigenvalue weighted by Gasteiger charge is 2.49. The summed E-state index contributed by atoms with van der Waals surface area (Å²) >= 11 is -1.23. The molecule has 1 unspecified atom stereocenters. The smallest absolute Gasteiger partial charge is 0.261 e. The van der Waals surface area contributed by atoms with Crippen LogP contribution in [0.25, 0.3) is 0 Å². The van der Waals surface area contributed by atoms with E-state index in [1.165, 1.54) is 10.4 Å². The Balaban J connectivity index is 2.20. The van der Waals surface area contributed by atoms with E-state index < -0.39 is 19.7 Å². The lowest BCUT2D eigenvalue weighted by atomic mass is 10.2. The number of allylic oxidation sites excluding steroid dienone is 1. The molecule has 0 saturated carbocycles. The Morgan fingerprint density at radius 3 is 1.83 bits per heavy atom. The van der Waals surface area contributed by atoms with Crippen molar-refractivity contribution in [1.29, 1.82) is 0 Å². The van der Waals surface area contributed by atoms with Gasteiger partial charge >= 0.3 is 0 Å². The van der Waals surface area contributed by atoms with Crippen LogP contribution in [0.2, 0.25) is 5.04 Å². The molecule has 0 aliphatic rings. The zero-order chi connectivity index (χ0) is 22.3. The molecule has 0 spiro atoms. The van der Waals surface area contributed by atoms with Crippen molar-refractivity contribution >= 4 is 36.3 Å². The van der Waals surface area contributed by atoms with Crippen LogP contribution >= 0.6 is 0 Å². The third-order valence-corrected chi connectivity index (χ3v) is 11.3. The summed E-state index contributed by atoms with van der Waals surface area (Å²) in [7, 11) is -2.48. The predicted octanol–water partition coefficient (Wildman–Crippen LogP) is 5.04. The van der Waals surface area contributed by atoms with Gasteiger partial charge in [-0.05, 0) is 48.7 Å². The molecule has 5 heteroatoms. The first-order valence-corrected chi connectivity index (χ1v) is 13.5. The van der Waals surface area contributed by atoms with E-state index in [-0.39, 0.29) is 9.79 Å². The monoisotopic (exact) mass is 441 g/mol. The molecule has 0 bridgehead atoms. The van der Waals surface area contributed by atoms with E-state index in [1.54, 1.807) is 6.21 Å². The predicted molar refractivity (Wildman–Crippen MR) is 134 cm³/mol. The van der Waals surface area contributed by atoms with Crippen molar-refractivity contribution in [3.63, 3.8) is 0 Å². The minimum absolute atomic E-state index is 0.0233. The van der Waals surface area contributed by atoms with E-state index in [4.69, 9.17) is 4.43 Å². The molecule has 2 aromatic rings. The minimum Gasteiger partial charge on any atom is -0.591 e. The van der Waals surface area contributed by atoms with Crippen molar-refractivity contribution in [1.82, 2.24) is 0 Å². The van der Waals surface area contributed by atoms with Crippen molar-refractivity contribution in [2.75, 3.05) is 6.61 Å². The normalized spacial score (nSPS) is 14.5. The molecule has 0 saturated heterocycles. The second-order valence-corrected chi connectivity index (χ2v) is 15.6. The van der Waals surface area contributed by atoms with Crippen molar-refractivity contribution in [2.24, 2.45) is 4.40 Å². The van der Waals surface area contributed by atoms with E-state index in [1.807, 2.05) is 32.9 Å². The van der Waals surface area contributed by atoms with Crippen molar-refractivity contribution in [2.45, 2.75) is 57.7 Å². The van der Waals surface area contributed by atoms with Crippen LogP contribution in [-0.2, 0) is 15.8 Å². The second-order valence-electron chi connectivity index (χ2n) is 9.34. The summed E-state index contributed by atoms with van der Waals surface area (Å²) < 4.78 is 22.6. The molecule has 30 heavy (non-hydrogen) atoms. The largest absolute Gasteiger partial charge is 0.591 e. The third-order valence-electron chi connectivity index (χ3n) is 4.92. The van der Waals surface area contributed by atoms with Gasteiger partial charge in [-0.2, -0.15) is 0 Å². The molecule has 0 N–H and O–H groups in total. The summed E-state index contributed by atoms with van der Waals surface area (Å²) in [6.07, 6.45) is 6.29. The van der Waals surface area contributed by atoms with Crippen molar-refractivity contribution < 1.29 is 8.98 Å². The maximum absolute atomic E-state index is 12.0. The van der Waals surface area contributed by atoms with Gasteiger partial charge in [0.05, 0.1) is 6.21 Å². The van der Waals surface area contributed by atoms with Gasteiger partial charge in [-0.15, -0.1) is 0 Å². The first kappa shape index (κ1) is 24.6. The van der Waals surface area contributed by atoms with Crippen LogP contribution in [0.1, 0.15) is 48.0 Å². The standard InChI is InChI=1S/C25H35NO2SSi/c1-24(2,3)29(27)26-20-14-9-15-21-28-30(25(4,5)6,22-16-10-7-11-17-22)23-18-12-8-13-19-23/h7-14,16-20H,15,21H2,1-6H3/b14-9+,26-20?. The first-order chi connectivity index (χ1) is 14.1. The van der Waals surface area contributed by atoms with Gasteiger partial charge in [0.1, 0.15) is 16.1 Å². The molecule has 0 aromatic heterocycles. The molecule has 0 aliphatic heterocycles. The van der Waals surface area contributed by atoms with Crippen LogP contribution in [-0.4, -0.2) is 30.4 Å². The fourth-order valence-corrected chi connectivity index (χ4v) is 8.52. The van der Waals surface area contributed by atoms with E-state index in [0.717, 1.165) is 6.42 Å². The summed E-state index contributed by atoms with van der Waals surface area (Å²) in [4.78, 5) is 0. The molecule has 0 aliphatic carbocycles.